The third kappa shape index (κ3) is 3.73. The summed E-state index contributed by atoms with van der Waals surface area (Å²) in [6.07, 6.45) is 1.64. The van der Waals surface area contributed by atoms with Crippen molar-refractivity contribution in [1.29, 1.82) is 0 Å². The molecule has 2 aromatic carbocycles. The number of aryl methyl sites for hydroxylation is 1. The maximum atomic E-state index is 12.3. The van der Waals surface area contributed by atoms with E-state index < -0.39 is 15.1 Å². The van der Waals surface area contributed by atoms with Gasteiger partial charge in [0.05, 0.1) is 27.7 Å². The van der Waals surface area contributed by atoms with Crippen molar-refractivity contribution >= 4 is 9.84 Å². The molecular formula is C22H20N4O3S. The molecule has 0 saturated heterocycles. The Balaban J connectivity index is 1.69. The summed E-state index contributed by atoms with van der Waals surface area (Å²) in [5, 5.41) is 7.75. The largest absolute Gasteiger partial charge is 0.415 e. The van der Waals surface area contributed by atoms with Crippen LogP contribution >= 0.6 is 0 Å². The van der Waals surface area contributed by atoms with Crippen LogP contribution in [0.2, 0.25) is 0 Å². The predicted octanol–water partition coefficient (Wildman–Crippen LogP) is 4.35. The first kappa shape index (κ1) is 19.9. The lowest BCUT2D eigenvalue weighted by Crippen LogP contribution is -2.13. The topological polar surface area (TPSA) is 98.8 Å². The minimum absolute atomic E-state index is 0.278. The minimum Gasteiger partial charge on any atom is -0.415 e. The van der Waals surface area contributed by atoms with E-state index in [0.717, 1.165) is 11.1 Å². The monoisotopic (exact) mass is 420 g/mol. The predicted molar refractivity (Wildman–Crippen MR) is 113 cm³/mol. The van der Waals surface area contributed by atoms with E-state index in [-0.39, 0.29) is 10.8 Å². The molecule has 0 unspecified atom stereocenters. The van der Waals surface area contributed by atoms with E-state index in [0.29, 0.717) is 23.0 Å². The van der Waals surface area contributed by atoms with Gasteiger partial charge in [-0.05, 0) is 45.0 Å². The Kier molecular flexibility index (Phi) is 5.17. The van der Waals surface area contributed by atoms with E-state index in [1.165, 1.54) is 0 Å². The molecule has 0 fully saturated rings. The maximum Gasteiger partial charge on any atom is 0.268 e. The molecule has 4 aromatic rings. The van der Waals surface area contributed by atoms with E-state index in [1.807, 2.05) is 37.3 Å². The van der Waals surface area contributed by atoms with Gasteiger partial charge < -0.3 is 4.42 Å². The van der Waals surface area contributed by atoms with Crippen LogP contribution in [0.5, 0.6) is 0 Å². The highest BCUT2D eigenvalue weighted by atomic mass is 32.2. The average Bonchev–Trinajstić information content (AvgIpc) is 3.25. The molecule has 0 aliphatic carbocycles. The SMILES string of the molecule is Cc1ncc(-c2ccc(S(=O)(=O)C(C)C)cc2)nc1-c1nnc(-c2ccccc2)o1. The molecule has 4 rings (SSSR count). The van der Waals surface area contributed by atoms with Gasteiger partial charge in [-0.25, -0.2) is 13.4 Å². The van der Waals surface area contributed by atoms with Crippen LogP contribution in [0, 0.1) is 6.92 Å². The minimum atomic E-state index is -3.33. The molecule has 0 aliphatic rings. The smallest absolute Gasteiger partial charge is 0.268 e. The summed E-state index contributed by atoms with van der Waals surface area (Å²) in [6, 6.07) is 16.1. The fourth-order valence-corrected chi connectivity index (χ4v) is 3.95. The number of nitrogens with zero attached hydrogens (tertiary/aromatic N) is 4. The lowest BCUT2D eigenvalue weighted by atomic mass is 10.1. The summed E-state index contributed by atoms with van der Waals surface area (Å²) in [7, 11) is -3.33. The molecule has 0 radical (unpaired) electrons. The normalized spacial score (nSPS) is 11.7. The molecule has 0 bridgehead atoms. The van der Waals surface area contributed by atoms with Crippen molar-refractivity contribution in [2.45, 2.75) is 30.9 Å². The summed E-state index contributed by atoms with van der Waals surface area (Å²) in [6.45, 7) is 5.14. The third-order valence-electron chi connectivity index (χ3n) is 4.70. The van der Waals surface area contributed by atoms with E-state index in [4.69, 9.17) is 4.42 Å². The van der Waals surface area contributed by atoms with Gasteiger partial charge in [0, 0.05) is 11.1 Å². The van der Waals surface area contributed by atoms with Gasteiger partial charge in [0.1, 0.15) is 5.69 Å². The number of hydrogen-bond acceptors (Lipinski definition) is 7. The quantitative estimate of drug-likeness (QED) is 0.473. The second-order valence-corrected chi connectivity index (χ2v) is 9.59. The zero-order valence-corrected chi connectivity index (χ0v) is 17.6. The molecule has 2 aromatic heterocycles. The lowest BCUT2D eigenvalue weighted by Gasteiger charge is -2.09. The second-order valence-electron chi connectivity index (χ2n) is 7.09. The standard InChI is InChI=1S/C22H20N4O3S/c1-14(2)30(27,28)18-11-9-16(10-12-18)19-13-23-15(3)20(24-19)22-26-25-21(29-22)17-7-5-4-6-8-17/h4-14H,1-3H3. The van der Waals surface area contributed by atoms with Crippen molar-refractivity contribution in [2.24, 2.45) is 0 Å². The van der Waals surface area contributed by atoms with Crippen LogP contribution in [0.3, 0.4) is 0 Å². The van der Waals surface area contributed by atoms with Gasteiger partial charge in [-0.3, -0.25) is 4.98 Å². The van der Waals surface area contributed by atoms with E-state index in [1.54, 1.807) is 44.3 Å². The van der Waals surface area contributed by atoms with Crippen LogP contribution in [0.1, 0.15) is 19.5 Å². The summed E-state index contributed by atoms with van der Waals surface area (Å²) < 4.78 is 30.5. The van der Waals surface area contributed by atoms with Gasteiger partial charge in [-0.15, -0.1) is 10.2 Å². The Labute approximate surface area is 174 Å². The zero-order valence-electron chi connectivity index (χ0n) is 16.8. The zero-order chi connectivity index (χ0) is 21.3. The molecule has 152 valence electrons. The molecule has 2 heterocycles. The van der Waals surface area contributed by atoms with Gasteiger partial charge in [-0.1, -0.05) is 30.3 Å². The highest BCUT2D eigenvalue weighted by Gasteiger charge is 2.20. The van der Waals surface area contributed by atoms with Crippen LogP contribution in [0.15, 0.2) is 70.1 Å². The van der Waals surface area contributed by atoms with Crippen molar-refractivity contribution in [2.75, 3.05) is 0 Å². The number of benzene rings is 2. The molecule has 8 heteroatoms. The Bertz CT molecular complexity index is 1280. The van der Waals surface area contributed by atoms with Gasteiger partial charge in [0.25, 0.3) is 5.89 Å². The number of hydrogen-bond donors (Lipinski definition) is 0. The van der Waals surface area contributed by atoms with Gasteiger partial charge in [-0.2, -0.15) is 0 Å². The van der Waals surface area contributed by atoms with Crippen molar-refractivity contribution in [3.63, 3.8) is 0 Å². The van der Waals surface area contributed by atoms with Crippen LogP contribution in [-0.4, -0.2) is 33.8 Å². The van der Waals surface area contributed by atoms with E-state index in [2.05, 4.69) is 20.2 Å². The Morgan fingerprint density at radius 1 is 0.867 bits per heavy atom. The van der Waals surface area contributed by atoms with Crippen molar-refractivity contribution in [1.82, 2.24) is 20.2 Å². The second kappa shape index (κ2) is 7.79. The number of sulfone groups is 1. The summed E-state index contributed by atoms with van der Waals surface area (Å²) in [4.78, 5) is 9.33. The molecule has 0 N–H and O–H groups in total. The first-order chi connectivity index (χ1) is 14.4. The molecular weight excluding hydrogens is 400 g/mol. The lowest BCUT2D eigenvalue weighted by molar-refractivity contribution is 0.581. The Morgan fingerprint density at radius 2 is 1.53 bits per heavy atom. The van der Waals surface area contributed by atoms with Crippen molar-refractivity contribution in [3.05, 3.63) is 66.5 Å². The number of aromatic nitrogens is 4. The molecule has 0 atom stereocenters. The fraction of sp³-hybridized carbons (Fsp3) is 0.182. The van der Waals surface area contributed by atoms with Gasteiger partial charge in [0.15, 0.2) is 9.84 Å². The summed E-state index contributed by atoms with van der Waals surface area (Å²) in [5.74, 6) is 0.681. The van der Waals surface area contributed by atoms with E-state index in [9.17, 15) is 8.42 Å². The molecule has 0 aliphatic heterocycles. The van der Waals surface area contributed by atoms with Crippen molar-refractivity contribution in [3.8, 4) is 34.3 Å². The molecule has 0 spiro atoms. The van der Waals surface area contributed by atoms with Gasteiger partial charge >= 0.3 is 0 Å². The summed E-state index contributed by atoms with van der Waals surface area (Å²) in [5.41, 5.74) is 3.29. The van der Waals surface area contributed by atoms with E-state index >= 15 is 0 Å². The molecule has 0 saturated carbocycles. The van der Waals surface area contributed by atoms with Crippen LogP contribution in [-0.2, 0) is 9.84 Å². The van der Waals surface area contributed by atoms with Crippen molar-refractivity contribution < 1.29 is 12.8 Å². The van der Waals surface area contributed by atoms with Gasteiger partial charge in [0.2, 0.25) is 5.89 Å². The highest BCUT2D eigenvalue weighted by molar-refractivity contribution is 7.92. The average molecular weight is 420 g/mol. The maximum absolute atomic E-state index is 12.3. The Hall–Kier alpha value is -3.39. The third-order valence-corrected chi connectivity index (χ3v) is 6.87. The molecule has 7 nitrogen and oxygen atoms in total. The van der Waals surface area contributed by atoms with Crippen LogP contribution in [0.4, 0.5) is 0 Å². The first-order valence-corrected chi connectivity index (χ1v) is 11.0. The van der Waals surface area contributed by atoms with Crippen LogP contribution < -0.4 is 0 Å². The summed E-state index contributed by atoms with van der Waals surface area (Å²) >= 11 is 0. The van der Waals surface area contributed by atoms with Crippen LogP contribution in [0.25, 0.3) is 34.3 Å². The first-order valence-electron chi connectivity index (χ1n) is 9.43. The number of rotatable bonds is 5. The Morgan fingerprint density at radius 3 is 2.20 bits per heavy atom. The molecule has 0 amide bonds. The fourth-order valence-electron chi connectivity index (χ4n) is 2.89. The highest BCUT2D eigenvalue weighted by Crippen LogP contribution is 2.27. The molecule has 30 heavy (non-hydrogen) atoms.